The number of aliphatic imine (C=N–C) groups is 1. The molecule has 1 aromatic heterocycles. The number of halogens is 1. The van der Waals surface area contributed by atoms with E-state index in [1.165, 1.54) is 0 Å². The van der Waals surface area contributed by atoms with Crippen LogP contribution in [0.5, 0.6) is 0 Å². The first kappa shape index (κ1) is 9.59. The Labute approximate surface area is 97.1 Å². The third-order valence-corrected chi connectivity index (χ3v) is 2.75. The summed E-state index contributed by atoms with van der Waals surface area (Å²) in [6.07, 6.45) is 5.54. The zero-order chi connectivity index (χ0) is 11.1. The standard InChI is InChI=1S/C10H9ClN4O/c1-6-13-10(14-16-6)8-4-12-9-3-2-7(11)5-15(8)9/h2-3,5,8H,4H2,1H3. The molecule has 3 heterocycles. The summed E-state index contributed by atoms with van der Waals surface area (Å²) in [6.45, 7) is 2.39. The maximum atomic E-state index is 5.95. The average Bonchev–Trinajstić information content (AvgIpc) is 2.83. The van der Waals surface area contributed by atoms with Gasteiger partial charge in [-0.3, -0.25) is 4.99 Å². The molecular formula is C10H9ClN4O. The van der Waals surface area contributed by atoms with Crippen LogP contribution in [0.3, 0.4) is 0 Å². The first-order valence-electron chi connectivity index (χ1n) is 4.92. The second kappa shape index (κ2) is 3.45. The Kier molecular flexibility index (Phi) is 2.07. The van der Waals surface area contributed by atoms with Gasteiger partial charge in [0, 0.05) is 13.1 Å². The Morgan fingerprint density at radius 3 is 3.12 bits per heavy atom. The monoisotopic (exact) mass is 236 g/mol. The van der Waals surface area contributed by atoms with Crippen molar-refractivity contribution >= 4 is 17.4 Å². The fraction of sp³-hybridized carbons (Fsp3) is 0.300. The molecule has 0 aromatic carbocycles. The lowest BCUT2D eigenvalue weighted by atomic mass is 10.2. The molecule has 0 fully saturated rings. The highest BCUT2D eigenvalue weighted by atomic mass is 35.5. The van der Waals surface area contributed by atoms with Crippen molar-refractivity contribution in [1.29, 1.82) is 0 Å². The summed E-state index contributed by atoms with van der Waals surface area (Å²) < 4.78 is 4.97. The fourth-order valence-corrected chi connectivity index (χ4v) is 1.96. The highest BCUT2D eigenvalue weighted by Crippen LogP contribution is 2.29. The van der Waals surface area contributed by atoms with Crippen LogP contribution in [0.15, 0.2) is 32.9 Å². The Morgan fingerprint density at radius 2 is 2.38 bits per heavy atom. The predicted octanol–water partition coefficient (Wildman–Crippen LogP) is 1.78. The van der Waals surface area contributed by atoms with Crippen LogP contribution in [0.25, 0.3) is 0 Å². The van der Waals surface area contributed by atoms with Crippen molar-refractivity contribution in [2.24, 2.45) is 4.99 Å². The minimum absolute atomic E-state index is 0.00819. The minimum atomic E-state index is -0.00819. The zero-order valence-corrected chi connectivity index (χ0v) is 9.35. The molecule has 0 saturated carbocycles. The van der Waals surface area contributed by atoms with Crippen LogP contribution in [0, 0.1) is 6.92 Å². The molecule has 1 aromatic rings. The van der Waals surface area contributed by atoms with Gasteiger partial charge < -0.3 is 9.42 Å². The Balaban J connectivity index is 1.93. The van der Waals surface area contributed by atoms with Crippen LogP contribution in [0.2, 0.25) is 0 Å². The summed E-state index contributed by atoms with van der Waals surface area (Å²) in [5, 5.41) is 4.59. The van der Waals surface area contributed by atoms with Gasteiger partial charge in [-0.25, -0.2) is 0 Å². The number of hydrogen-bond donors (Lipinski definition) is 0. The molecule has 2 aliphatic rings. The summed E-state index contributed by atoms with van der Waals surface area (Å²) >= 11 is 5.95. The number of aromatic nitrogens is 2. The van der Waals surface area contributed by atoms with Crippen molar-refractivity contribution in [2.75, 3.05) is 6.54 Å². The summed E-state index contributed by atoms with van der Waals surface area (Å²) in [6, 6.07) is -0.00819. The molecule has 0 bridgehead atoms. The van der Waals surface area contributed by atoms with Gasteiger partial charge in [-0.05, 0) is 12.2 Å². The van der Waals surface area contributed by atoms with E-state index < -0.39 is 0 Å². The second-order valence-corrected chi connectivity index (χ2v) is 4.08. The molecule has 0 spiro atoms. The number of amidine groups is 1. The SMILES string of the molecule is Cc1nc(C2CN=C3C=CC(Cl)=CN32)no1. The predicted molar refractivity (Wildman–Crippen MR) is 59.0 cm³/mol. The van der Waals surface area contributed by atoms with E-state index in [1.807, 2.05) is 23.3 Å². The molecule has 3 rings (SSSR count). The van der Waals surface area contributed by atoms with E-state index in [0.717, 1.165) is 5.84 Å². The van der Waals surface area contributed by atoms with Crippen molar-refractivity contribution in [3.63, 3.8) is 0 Å². The zero-order valence-electron chi connectivity index (χ0n) is 8.59. The van der Waals surface area contributed by atoms with Gasteiger partial charge in [0.15, 0.2) is 5.82 Å². The lowest BCUT2D eigenvalue weighted by Gasteiger charge is -2.22. The Bertz CT molecular complexity index is 517. The van der Waals surface area contributed by atoms with Gasteiger partial charge in [0.2, 0.25) is 5.89 Å². The number of rotatable bonds is 1. The van der Waals surface area contributed by atoms with Crippen molar-refractivity contribution in [3.8, 4) is 0 Å². The van der Waals surface area contributed by atoms with E-state index in [0.29, 0.717) is 23.3 Å². The summed E-state index contributed by atoms with van der Waals surface area (Å²) in [7, 11) is 0. The third-order valence-electron chi connectivity index (χ3n) is 2.52. The number of fused-ring (bicyclic) bond motifs is 1. The van der Waals surface area contributed by atoms with Crippen LogP contribution >= 0.6 is 11.6 Å². The van der Waals surface area contributed by atoms with Crippen LogP contribution < -0.4 is 0 Å². The topological polar surface area (TPSA) is 54.5 Å². The van der Waals surface area contributed by atoms with Crippen LogP contribution in [-0.4, -0.2) is 27.4 Å². The molecule has 0 N–H and O–H groups in total. The molecule has 6 heteroatoms. The highest BCUT2D eigenvalue weighted by Gasteiger charge is 2.31. The lowest BCUT2D eigenvalue weighted by molar-refractivity contribution is 0.364. The smallest absolute Gasteiger partial charge is 0.223 e. The maximum Gasteiger partial charge on any atom is 0.223 e. The van der Waals surface area contributed by atoms with Gasteiger partial charge in [-0.2, -0.15) is 4.98 Å². The van der Waals surface area contributed by atoms with Gasteiger partial charge in [-0.15, -0.1) is 0 Å². The van der Waals surface area contributed by atoms with Gasteiger partial charge in [0.1, 0.15) is 11.9 Å². The van der Waals surface area contributed by atoms with Crippen LogP contribution in [0.1, 0.15) is 17.8 Å². The van der Waals surface area contributed by atoms with Crippen molar-refractivity contribution < 1.29 is 4.52 Å². The quantitative estimate of drug-likeness (QED) is 0.746. The molecule has 0 amide bonds. The van der Waals surface area contributed by atoms with E-state index in [4.69, 9.17) is 16.1 Å². The largest absolute Gasteiger partial charge is 0.340 e. The number of hydrogen-bond acceptors (Lipinski definition) is 5. The summed E-state index contributed by atoms with van der Waals surface area (Å²) in [5.74, 6) is 2.09. The van der Waals surface area contributed by atoms with Crippen molar-refractivity contribution in [3.05, 3.63) is 35.1 Å². The number of aryl methyl sites for hydroxylation is 1. The molecule has 1 atom stereocenters. The van der Waals surface area contributed by atoms with Gasteiger partial charge in [-0.1, -0.05) is 16.8 Å². The Morgan fingerprint density at radius 1 is 1.50 bits per heavy atom. The van der Waals surface area contributed by atoms with E-state index >= 15 is 0 Å². The highest BCUT2D eigenvalue weighted by molar-refractivity contribution is 6.32. The second-order valence-electron chi connectivity index (χ2n) is 3.64. The van der Waals surface area contributed by atoms with Crippen molar-refractivity contribution in [1.82, 2.24) is 15.0 Å². The van der Waals surface area contributed by atoms with Gasteiger partial charge >= 0.3 is 0 Å². The third kappa shape index (κ3) is 1.44. The maximum absolute atomic E-state index is 5.95. The van der Waals surface area contributed by atoms with E-state index in [-0.39, 0.29) is 6.04 Å². The first-order valence-corrected chi connectivity index (χ1v) is 5.30. The minimum Gasteiger partial charge on any atom is -0.340 e. The van der Waals surface area contributed by atoms with Gasteiger partial charge in [0.05, 0.1) is 11.6 Å². The average molecular weight is 237 g/mol. The van der Waals surface area contributed by atoms with E-state index in [1.54, 1.807) is 6.92 Å². The molecule has 0 aliphatic carbocycles. The van der Waals surface area contributed by atoms with E-state index in [9.17, 15) is 0 Å². The fourth-order valence-electron chi connectivity index (χ4n) is 1.79. The van der Waals surface area contributed by atoms with Crippen LogP contribution in [0.4, 0.5) is 0 Å². The van der Waals surface area contributed by atoms with Crippen LogP contribution in [-0.2, 0) is 0 Å². The molecular weight excluding hydrogens is 228 g/mol. The molecule has 0 radical (unpaired) electrons. The molecule has 2 aliphatic heterocycles. The number of allylic oxidation sites excluding steroid dienone is 2. The molecule has 0 saturated heterocycles. The van der Waals surface area contributed by atoms with Crippen molar-refractivity contribution in [2.45, 2.75) is 13.0 Å². The van der Waals surface area contributed by atoms with Gasteiger partial charge in [0.25, 0.3) is 0 Å². The molecule has 82 valence electrons. The summed E-state index contributed by atoms with van der Waals surface area (Å²) in [5.41, 5.74) is 0. The normalized spacial score (nSPS) is 23.1. The molecule has 1 unspecified atom stereocenters. The molecule has 16 heavy (non-hydrogen) atoms. The Hall–Kier alpha value is -1.62. The van der Waals surface area contributed by atoms with E-state index in [2.05, 4.69) is 15.1 Å². The lowest BCUT2D eigenvalue weighted by Crippen LogP contribution is -2.27. The summed E-state index contributed by atoms with van der Waals surface area (Å²) in [4.78, 5) is 10.6. The molecule has 5 nitrogen and oxygen atoms in total. The first-order chi connectivity index (χ1) is 7.74. The number of nitrogens with zero attached hydrogens (tertiary/aromatic N) is 4.